The SMILES string of the molecule is CC[C@H](NC(=O)Cn1c(=O)n(CC)c(=O)c2ccccc21)c1ccc(OC)cc1. The first-order chi connectivity index (χ1) is 14.0. The number of nitrogens with one attached hydrogen (secondary N) is 1. The Kier molecular flexibility index (Phi) is 6.16. The van der Waals surface area contributed by atoms with Crippen molar-refractivity contribution in [1.82, 2.24) is 14.5 Å². The summed E-state index contributed by atoms with van der Waals surface area (Å²) in [6.07, 6.45) is 0.697. The van der Waals surface area contributed by atoms with E-state index in [0.29, 0.717) is 17.3 Å². The maximum absolute atomic E-state index is 12.8. The molecule has 152 valence electrons. The second-order valence-electron chi connectivity index (χ2n) is 6.74. The van der Waals surface area contributed by atoms with Crippen molar-refractivity contribution in [3.05, 3.63) is 74.9 Å². The molecule has 0 aliphatic rings. The van der Waals surface area contributed by atoms with E-state index in [1.54, 1.807) is 38.3 Å². The third-order valence-electron chi connectivity index (χ3n) is 5.01. The van der Waals surface area contributed by atoms with Gasteiger partial charge in [-0.15, -0.1) is 0 Å². The lowest BCUT2D eigenvalue weighted by molar-refractivity contribution is -0.122. The number of carbonyl (C=O) groups excluding carboxylic acids is 1. The lowest BCUT2D eigenvalue weighted by Crippen LogP contribution is -2.42. The molecule has 0 aliphatic heterocycles. The summed E-state index contributed by atoms with van der Waals surface area (Å²) in [6.45, 7) is 3.80. The third-order valence-corrected chi connectivity index (χ3v) is 5.01. The van der Waals surface area contributed by atoms with Crippen LogP contribution in [-0.2, 0) is 17.9 Å². The number of nitrogens with zero attached hydrogens (tertiary/aromatic N) is 2. The van der Waals surface area contributed by atoms with Gasteiger partial charge in [0, 0.05) is 6.54 Å². The van der Waals surface area contributed by atoms with Crippen molar-refractivity contribution in [3.8, 4) is 5.75 Å². The highest BCUT2D eigenvalue weighted by Crippen LogP contribution is 2.20. The topological polar surface area (TPSA) is 82.3 Å². The fourth-order valence-electron chi connectivity index (χ4n) is 3.44. The van der Waals surface area contributed by atoms with Crippen molar-refractivity contribution < 1.29 is 9.53 Å². The van der Waals surface area contributed by atoms with Gasteiger partial charge in [-0.1, -0.05) is 31.2 Å². The van der Waals surface area contributed by atoms with E-state index in [2.05, 4.69) is 5.32 Å². The highest BCUT2D eigenvalue weighted by molar-refractivity contribution is 5.81. The monoisotopic (exact) mass is 395 g/mol. The molecule has 3 rings (SSSR count). The number of amides is 1. The second-order valence-corrected chi connectivity index (χ2v) is 6.74. The van der Waals surface area contributed by atoms with Gasteiger partial charge in [0.15, 0.2) is 0 Å². The summed E-state index contributed by atoms with van der Waals surface area (Å²) in [4.78, 5) is 38.1. The molecule has 1 amide bonds. The number of methoxy groups -OCH3 is 1. The highest BCUT2D eigenvalue weighted by Gasteiger charge is 2.17. The van der Waals surface area contributed by atoms with E-state index < -0.39 is 5.69 Å². The van der Waals surface area contributed by atoms with E-state index in [0.717, 1.165) is 15.9 Å². The van der Waals surface area contributed by atoms with Crippen molar-refractivity contribution in [1.29, 1.82) is 0 Å². The molecule has 0 aliphatic carbocycles. The molecule has 1 aromatic heterocycles. The van der Waals surface area contributed by atoms with E-state index in [-0.39, 0.29) is 30.6 Å². The molecule has 7 nitrogen and oxygen atoms in total. The molecule has 1 heterocycles. The minimum Gasteiger partial charge on any atom is -0.497 e. The average Bonchev–Trinajstić information content (AvgIpc) is 2.75. The maximum atomic E-state index is 12.8. The van der Waals surface area contributed by atoms with Gasteiger partial charge in [-0.2, -0.15) is 0 Å². The van der Waals surface area contributed by atoms with Gasteiger partial charge in [0.25, 0.3) is 5.56 Å². The van der Waals surface area contributed by atoms with Crippen LogP contribution in [0.1, 0.15) is 31.9 Å². The van der Waals surface area contributed by atoms with Crippen LogP contribution in [0.3, 0.4) is 0 Å². The molecule has 0 radical (unpaired) electrons. The summed E-state index contributed by atoms with van der Waals surface area (Å²) in [5.74, 6) is 0.455. The number of carbonyl (C=O) groups is 1. The van der Waals surface area contributed by atoms with Crippen molar-refractivity contribution >= 4 is 16.8 Å². The Labute approximate surface area is 168 Å². The zero-order valence-corrected chi connectivity index (χ0v) is 16.8. The van der Waals surface area contributed by atoms with Crippen LogP contribution in [0.5, 0.6) is 5.75 Å². The van der Waals surface area contributed by atoms with Crippen molar-refractivity contribution in [2.45, 2.75) is 39.4 Å². The minimum absolute atomic E-state index is 0.160. The van der Waals surface area contributed by atoms with Crippen LogP contribution in [0.2, 0.25) is 0 Å². The molecule has 29 heavy (non-hydrogen) atoms. The summed E-state index contributed by atoms with van der Waals surface area (Å²) in [5, 5.41) is 3.41. The van der Waals surface area contributed by atoms with E-state index in [1.165, 1.54) is 4.57 Å². The van der Waals surface area contributed by atoms with Crippen LogP contribution in [0.15, 0.2) is 58.1 Å². The normalized spacial score (nSPS) is 12.0. The summed E-state index contributed by atoms with van der Waals surface area (Å²) in [5.41, 5.74) is 0.593. The molecule has 0 unspecified atom stereocenters. The van der Waals surface area contributed by atoms with Gasteiger partial charge in [-0.05, 0) is 43.2 Å². The van der Waals surface area contributed by atoms with Crippen LogP contribution in [0.25, 0.3) is 10.9 Å². The lowest BCUT2D eigenvalue weighted by Gasteiger charge is -2.19. The number of hydrogen-bond acceptors (Lipinski definition) is 4. The Bertz CT molecular complexity index is 1130. The standard InChI is InChI=1S/C22H25N3O4/c1-4-18(15-10-12-16(29-3)13-11-15)23-20(26)14-25-19-9-7-6-8-17(19)21(27)24(5-2)22(25)28/h6-13,18H,4-5,14H2,1-3H3,(H,23,26)/t18-/m0/s1. The molecular weight excluding hydrogens is 370 g/mol. The first-order valence-electron chi connectivity index (χ1n) is 9.65. The number of ether oxygens (including phenoxy) is 1. The van der Waals surface area contributed by atoms with Gasteiger partial charge < -0.3 is 10.1 Å². The van der Waals surface area contributed by atoms with Crippen LogP contribution in [0.4, 0.5) is 0 Å². The van der Waals surface area contributed by atoms with Gasteiger partial charge in [0.2, 0.25) is 5.91 Å². The van der Waals surface area contributed by atoms with Gasteiger partial charge in [0.1, 0.15) is 12.3 Å². The predicted octanol–water partition coefficient (Wildman–Crippen LogP) is 2.46. The predicted molar refractivity (Wildman–Crippen MR) is 112 cm³/mol. The first-order valence-corrected chi connectivity index (χ1v) is 9.65. The van der Waals surface area contributed by atoms with Crippen molar-refractivity contribution in [2.24, 2.45) is 0 Å². The maximum Gasteiger partial charge on any atom is 0.331 e. The third kappa shape index (κ3) is 4.08. The Balaban J connectivity index is 1.91. The molecule has 7 heteroatoms. The molecule has 3 aromatic rings. The van der Waals surface area contributed by atoms with E-state index in [9.17, 15) is 14.4 Å². The Morgan fingerprint density at radius 1 is 1.03 bits per heavy atom. The molecule has 0 fully saturated rings. The Morgan fingerprint density at radius 3 is 2.34 bits per heavy atom. The zero-order valence-electron chi connectivity index (χ0n) is 16.8. The first kappa shape index (κ1) is 20.4. The van der Waals surface area contributed by atoms with E-state index in [1.807, 2.05) is 31.2 Å². The number of aromatic nitrogens is 2. The summed E-state index contributed by atoms with van der Waals surface area (Å²) in [6, 6.07) is 14.2. The van der Waals surface area contributed by atoms with Gasteiger partial charge in [-0.3, -0.25) is 18.7 Å². The molecule has 0 bridgehead atoms. The molecule has 0 saturated carbocycles. The smallest absolute Gasteiger partial charge is 0.331 e. The number of benzene rings is 2. The molecule has 0 spiro atoms. The van der Waals surface area contributed by atoms with E-state index >= 15 is 0 Å². The number of para-hydroxylation sites is 1. The molecule has 1 N–H and O–H groups in total. The second kappa shape index (κ2) is 8.77. The molecule has 0 saturated heterocycles. The van der Waals surface area contributed by atoms with Gasteiger partial charge in [-0.25, -0.2) is 4.79 Å². The lowest BCUT2D eigenvalue weighted by atomic mass is 10.0. The number of rotatable bonds is 7. The number of hydrogen-bond donors (Lipinski definition) is 1. The largest absolute Gasteiger partial charge is 0.497 e. The zero-order chi connectivity index (χ0) is 21.0. The fraction of sp³-hybridized carbons (Fsp3) is 0.318. The van der Waals surface area contributed by atoms with Crippen LogP contribution in [-0.4, -0.2) is 22.2 Å². The van der Waals surface area contributed by atoms with Crippen molar-refractivity contribution in [3.63, 3.8) is 0 Å². The summed E-state index contributed by atoms with van der Waals surface area (Å²) < 4.78 is 7.68. The highest BCUT2D eigenvalue weighted by atomic mass is 16.5. The average molecular weight is 395 g/mol. The van der Waals surface area contributed by atoms with Gasteiger partial charge >= 0.3 is 5.69 Å². The van der Waals surface area contributed by atoms with Crippen LogP contribution < -0.4 is 21.3 Å². The van der Waals surface area contributed by atoms with Crippen LogP contribution in [0, 0.1) is 0 Å². The minimum atomic E-state index is -0.483. The number of fused-ring (bicyclic) bond motifs is 1. The molecule has 2 aromatic carbocycles. The molecule has 1 atom stereocenters. The Morgan fingerprint density at radius 2 is 1.72 bits per heavy atom. The van der Waals surface area contributed by atoms with Crippen molar-refractivity contribution in [2.75, 3.05) is 7.11 Å². The van der Waals surface area contributed by atoms with Crippen LogP contribution >= 0.6 is 0 Å². The quantitative estimate of drug-likeness (QED) is 0.666. The Hall–Kier alpha value is -3.35. The van der Waals surface area contributed by atoms with E-state index in [4.69, 9.17) is 4.74 Å². The summed E-state index contributed by atoms with van der Waals surface area (Å²) >= 11 is 0. The fourth-order valence-corrected chi connectivity index (χ4v) is 3.44. The van der Waals surface area contributed by atoms with Gasteiger partial charge in [0.05, 0.1) is 24.1 Å². The molecular formula is C22H25N3O4. The summed E-state index contributed by atoms with van der Waals surface area (Å²) in [7, 11) is 1.60.